The van der Waals surface area contributed by atoms with Crippen LogP contribution in [0.5, 0.6) is 0 Å². The Labute approximate surface area is 131 Å². The molecule has 1 aromatic carbocycles. The Balaban J connectivity index is 2.78. The topological polar surface area (TPSA) is 26.3 Å². The summed E-state index contributed by atoms with van der Waals surface area (Å²) in [6.07, 6.45) is 1.64. The van der Waals surface area contributed by atoms with Gasteiger partial charge in [0, 0.05) is 5.02 Å². The summed E-state index contributed by atoms with van der Waals surface area (Å²) in [6, 6.07) is 4.80. The van der Waals surface area contributed by atoms with Crippen molar-refractivity contribution in [3.63, 3.8) is 0 Å². The molecule has 0 saturated carbocycles. The van der Waals surface area contributed by atoms with Crippen molar-refractivity contribution in [1.82, 2.24) is 0 Å². The van der Waals surface area contributed by atoms with Crippen molar-refractivity contribution in [2.45, 2.75) is 46.6 Å². The van der Waals surface area contributed by atoms with E-state index in [0.29, 0.717) is 27.4 Å². The molecule has 1 rings (SSSR count). The van der Waals surface area contributed by atoms with Crippen LogP contribution in [0.4, 0.5) is 0 Å². The van der Waals surface area contributed by atoms with Gasteiger partial charge in [-0.3, -0.25) is 0 Å². The minimum atomic E-state index is -0.377. The summed E-state index contributed by atoms with van der Waals surface area (Å²) in [4.78, 5) is 12.2. The first-order valence-corrected chi connectivity index (χ1v) is 7.71. The molecule has 0 bridgehead atoms. The fourth-order valence-electron chi connectivity index (χ4n) is 2.11. The van der Waals surface area contributed by atoms with Gasteiger partial charge < -0.3 is 4.74 Å². The second-order valence-corrected chi connectivity index (χ2v) is 6.75. The van der Waals surface area contributed by atoms with E-state index < -0.39 is 0 Å². The minimum Gasteiger partial charge on any atom is -0.459 e. The zero-order valence-electron chi connectivity index (χ0n) is 12.5. The van der Waals surface area contributed by atoms with Crippen LogP contribution in [0, 0.1) is 11.8 Å². The van der Waals surface area contributed by atoms with Crippen LogP contribution in [-0.4, -0.2) is 12.1 Å². The Kier molecular flexibility index (Phi) is 6.84. The smallest absolute Gasteiger partial charge is 0.339 e. The van der Waals surface area contributed by atoms with Crippen molar-refractivity contribution in [2.75, 3.05) is 0 Å². The molecule has 0 saturated heterocycles. The molecular formula is C16H22Cl2O2. The van der Waals surface area contributed by atoms with Gasteiger partial charge in [-0.05, 0) is 42.9 Å². The molecule has 0 unspecified atom stereocenters. The lowest BCUT2D eigenvalue weighted by molar-refractivity contribution is 0.0201. The van der Waals surface area contributed by atoms with Crippen molar-refractivity contribution >= 4 is 29.2 Å². The third kappa shape index (κ3) is 5.72. The molecule has 0 radical (unpaired) electrons. The molecule has 0 aromatic heterocycles. The van der Waals surface area contributed by atoms with E-state index in [1.54, 1.807) is 18.2 Å². The lowest BCUT2D eigenvalue weighted by Gasteiger charge is -2.21. The molecule has 0 heterocycles. The van der Waals surface area contributed by atoms with E-state index in [2.05, 4.69) is 27.7 Å². The molecule has 2 nitrogen and oxygen atoms in total. The van der Waals surface area contributed by atoms with E-state index in [9.17, 15) is 4.79 Å². The highest BCUT2D eigenvalue weighted by Gasteiger charge is 2.20. The molecule has 0 atom stereocenters. The highest BCUT2D eigenvalue weighted by Crippen LogP contribution is 2.24. The average Bonchev–Trinajstić information content (AvgIpc) is 2.26. The Morgan fingerprint density at radius 3 is 2.10 bits per heavy atom. The Morgan fingerprint density at radius 2 is 1.65 bits per heavy atom. The van der Waals surface area contributed by atoms with Crippen LogP contribution in [0.1, 0.15) is 50.9 Å². The molecule has 4 heteroatoms. The molecule has 0 aliphatic rings. The van der Waals surface area contributed by atoms with Gasteiger partial charge in [0.25, 0.3) is 0 Å². The minimum absolute atomic E-state index is 0.0748. The average molecular weight is 317 g/mol. The number of esters is 1. The third-order valence-electron chi connectivity index (χ3n) is 2.89. The van der Waals surface area contributed by atoms with Gasteiger partial charge in [0.2, 0.25) is 0 Å². The lowest BCUT2D eigenvalue weighted by Crippen LogP contribution is -2.22. The Bertz CT molecular complexity index is 446. The van der Waals surface area contributed by atoms with Crippen LogP contribution >= 0.6 is 23.2 Å². The molecule has 0 aliphatic heterocycles. The van der Waals surface area contributed by atoms with Crippen molar-refractivity contribution in [3.05, 3.63) is 33.8 Å². The van der Waals surface area contributed by atoms with Crippen molar-refractivity contribution < 1.29 is 9.53 Å². The van der Waals surface area contributed by atoms with Crippen molar-refractivity contribution in [3.8, 4) is 0 Å². The molecular weight excluding hydrogens is 295 g/mol. The molecule has 0 amide bonds. The Morgan fingerprint density at radius 1 is 1.10 bits per heavy atom. The van der Waals surface area contributed by atoms with E-state index in [4.69, 9.17) is 27.9 Å². The van der Waals surface area contributed by atoms with Gasteiger partial charge in [-0.15, -0.1) is 0 Å². The van der Waals surface area contributed by atoms with E-state index >= 15 is 0 Å². The van der Waals surface area contributed by atoms with Gasteiger partial charge in [-0.25, -0.2) is 4.79 Å². The maximum atomic E-state index is 12.2. The number of halogens is 2. The SMILES string of the molecule is CC(C)CC(CC(C)C)OC(=O)c1ccc(Cl)cc1Cl. The maximum absolute atomic E-state index is 12.2. The molecule has 0 fully saturated rings. The molecule has 0 spiro atoms. The van der Waals surface area contributed by atoms with E-state index in [1.165, 1.54) is 0 Å². The quantitative estimate of drug-likeness (QED) is 0.637. The summed E-state index contributed by atoms with van der Waals surface area (Å²) in [5, 5.41) is 0.836. The van der Waals surface area contributed by atoms with Crippen LogP contribution in [0.15, 0.2) is 18.2 Å². The van der Waals surface area contributed by atoms with Crippen molar-refractivity contribution in [1.29, 1.82) is 0 Å². The first kappa shape index (κ1) is 17.3. The normalized spacial score (nSPS) is 11.4. The van der Waals surface area contributed by atoms with E-state index in [0.717, 1.165) is 12.8 Å². The van der Waals surface area contributed by atoms with Gasteiger partial charge in [0.15, 0.2) is 0 Å². The Hall–Kier alpha value is -0.730. The van der Waals surface area contributed by atoms with Crippen molar-refractivity contribution in [2.24, 2.45) is 11.8 Å². The highest BCUT2D eigenvalue weighted by atomic mass is 35.5. The largest absolute Gasteiger partial charge is 0.459 e. The summed E-state index contributed by atoms with van der Waals surface area (Å²) in [5.41, 5.74) is 0.369. The van der Waals surface area contributed by atoms with Gasteiger partial charge in [0.1, 0.15) is 6.10 Å². The van der Waals surface area contributed by atoms with Crippen LogP contribution in [0.2, 0.25) is 10.0 Å². The fourth-order valence-corrected chi connectivity index (χ4v) is 2.60. The van der Waals surface area contributed by atoms with Crippen LogP contribution in [-0.2, 0) is 4.74 Å². The number of benzene rings is 1. The number of carbonyl (C=O) groups excluding carboxylic acids is 1. The first-order chi connectivity index (χ1) is 9.29. The summed E-state index contributed by atoms with van der Waals surface area (Å²) in [7, 11) is 0. The summed E-state index contributed by atoms with van der Waals surface area (Å²) < 4.78 is 5.61. The van der Waals surface area contributed by atoms with E-state index in [1.807, 2.05) is 0 Å². The fraction of sp³-hybridized carbons (Fsp3) is 0.562. The molecule has 0 N–H and O–H groups in total. The van der Waals surface area contributed by atoms with Crippen LogP contribution in [0.3, 0.4) is 0 Å². The monoisotopic (exact) mass is 316 g/mol. The third-order valence-corrected chi connectivity index (χ3v) is 3.44. The number of ether oxygens (including phenoxy) is 1. The van der Waals surface area contributed by atoms with Gasteiger partial charge >= 0.3 is 5.97 Å². The highest BCUT2D eigenvalue weighted by molar-refractivity contribution is 6.36. The standard InChI is InChI=1S/C16H22Cl2O2/c1-10(2)7-13(8-11(3)4)20-16(19)14-6-5-12(17)9-15(14)18/h5-6,9-11,13H,7-8H2,1-4H3. The predicted molar refractivity (Wildman–Crippen MR) is 84.6 cm³/mol. The van der Waals surface area contributed by atoms with Crippen LogP contribution in [0.25, 0.3) is 0 Å². The maximum Gasteiger partial charge on any atom is 0.339 e. The number of carbonyl (C=O) groups is 1. The number of rotatable bonds is 6. The zero-order chi connectivity index (χ0) is 15.3. The summed E-state index contributed by atoms with van der Waals surface area (Å²) >= 11 is 11.9. The molecule has 20 heavy (non-hydrogen) atoms. The first-order valence-electron chi connectivity index (χ1n) is 6.95. The van der Waals surface area contributed by atoms with Gasteiger partial charge in [-0.1, -0.05) is 50.9 Å². The van der Waals surface area contributed by atoms with Crippen LogP contribution < -0.4 is 0 Å². The summed E-state index contributed by atoms with van der Waals surface area (Å²) in [5.74, 6) is 0.581. The van der Waals surface area contributed by atoms with Gasteiger partial charge in [0.05, 0.1) is 10.6 Å². The molecule has 112 valence electrons. The zero-order valence-corrected chi connectivity index (χ0v) is 14.0. The summed E-state index contributed by atoms with van der Waals surface area (Å²) in [6.45, 7) is 8.49. The lowest BCUT2D eigenvalue weighted by atomic mass is 9.98. The van der Waals surface area contributed by atoms with E-state index in [-0.39, 0.29) is 12.1 Å². The second kappa shape index (κ2) is 7.90. The van der Waals surface area contributed by atoms with Gasteiger partial charge in [-0.2, -0.15) is 0 Å². The number of hydrogen-bond donors (Lipinski definition) is 0. The molecule has 1 aromatic rings. The number of hydrogen-bond acceptors (Lipinski definition) is 2. The predicted octanol–water partition coefficient (Wildman–Crippen LogP) is 5.61. The molecule has 0 aliphatic carbocycles. The second-order valence-electron chi connectivity index (χ2n) is 5.91.